The molecule has 12 heteroatoms. The van der Waals surface area contributed by atoms with Crippen LogP contribution < -0.4 is 8.92 Å². The lowest BCUT2D eigenvalue weighted by molar-refractivity contribution is -0.296. The number of alkyl halides is 3. The Morgan fingerprint density at radius 2 is 1.94 bits per heavy atom. The number of fused-ring (bicyclic) bond motifs is 1. The van der Waals surface area contributed by atoms with Crippen LogP contribution in [0.25, 0.3) is 0 Å². The number of benzene rings is 1. The first-order valence-electron chi connectivity index (χ1n) is 12.1. The molecule has 2 aliphatic carbocycles. The summed E-state index contributed by atoms with van der Waals surface area (Å²) in [6, 6.07) is 2.52. The Morgan fingerprint density at radius 3 is 2.61 bits per heavy atom. The van der Waals surface area contributed by atoms with Gasteiger partial charge in [0.15, 0.2) is 17.6 Å². The number of hydrogen-bond donors (Lipinski definition) is 1. The predicted molar refractivity (Wildman–Crippen MR) is 120 cm³/mol. The van der Waals surface area contributed by atoms with E-state index in [1.807, 2.05) is 13.8 Å². The molecule has 0 aromatic heterocycles. The summed E-state index contributed by atoms with van der Waals surface area (Å²) >= 11 is 0. The van der Waals surface area contributed by atoms with E-state index in [2.05, 4.69) is 15.2 Å². The van der Waals surface area contributed by atoms with Gasteiger partial charge in [0.2, 0.25) is 5.79 Å². The molecule has 0 amide bonds. The van der Waals surface area contributed by atoms with Gasteiger partial charge in [0.05, 0.1) is 24.2 Å². The number of allylic oxidation sites excluding steroid dienone is 1. The first-order chi connectivity index (χ1) is 16.8. The molecule has 5 aliphatic rings. The van der Waals surface area contributed by atoms with Gasteiger partial charge in [-0.2, -0.15) is 21.6 Å². The van der Waals surface area contributed by atoms with E-state index >= 15 is 0 Å². The molecule has 1 N–H and O–H groups in total. The fraction of sp³-hybridized carbons (Fsp3) is 0.667. The SMILES string of the molecule is CC(C)=CCN1CC[C@]23c4c5ccc(OS(=O)(=O)C(F)(F)F)c4OC2C2(CCC3(O)[C@H]1C5)OCCO2. The Labute approximate surface area is 207 Å². The zero-order valence-electron chi connectivity index (χ0n) is 19.9. The zero-order valence-corrected chi connectivity index (χ0v) is 20.7. The summed E-state index contributed by atoms with van der Waals surface area (Å²) in [5.41, 5.74) is -5.47. The van der Waals surface area contributed by atoms with Gasteiger partial charge in [0.1, 0.15) is 0 Å². The van der Waals surface area contributed by atoms with Gasteiger partial charge >= 0.3 is 15.6 Å². The van der Waals surface area contributed by atoms with Crippen molar-refractivity contribution >= 4 is 10.1 Å². The molecule has 4 atom stereocenters. The molecular formula is C24H28F3NO7S. The second-order valence-electron chi connectivity index (χ2n) is 10.6. The Kier molecular flexibility index (Phi) is 5.16. The number of rotatable bonds is 4. The van der Waals surface area contributed by atoms with Gasteiger partial charge in [-0.15, -0.1) is 0 Å². The standard InChI is InChI=1S/C24H28F3NO7S/c1-14(2)5-9-28-10-8-21-18-15-3-4-16(35-36(30,31)24(25,26)27)19(18)34-20(21)23(32-11-12-33-23)7-6-22(21,29)17(28)13-15/h3-5,17,20,29H,6-13H2,1-2H3/t17-,20?,21+,22?/m1/s1. The first kappa shape index (κ1) is 24.5. The molecule has 3 fully saturated rings. The third kappa shape index (κ3) is 3.05. The predicted octanol–water partition coefficient (Wildman–Crippen LogP) is 2.78. The van der Waals surface area contributed by atoms with Crippen LogP contribution in [-0.4, -0.2) is 73.8 Å². The molecule has 1 aromatic carbocycles. The van der Waals surface area contributed by atoms with Gasteiger partial charge in [-0.1, -0.05) is 17.7 Å². The molecule has 2 spiro atoms. The molecular weight excluding hydrogens is 503 g/mol. The molecule has 2 saturated heterocycles. The van der Waals surface area contributed by atoms with Gasteiger partial charge in [-0.3, -0.25) is 4.90 Å². The largest absolute Gasteiger partial charge is 0.534 e. The molecule has 0 radical (unpaired) electrons. The summed E-state index contributed by atoms with van der Waals surface area (Å²) in [5.74, 6) is -1.82. The molecule has 36 heavy (non-hydrogen) atoms. The molecule has 3 heterocycles. The molecule has 198 valence electrons. The maximum Gasteiger partial charge on any atom is 0.534 e. The molecule has 3 aliphatic heterocycles. The average molecular weight is 532 g/mol. The minimum Gasteiger partial charge on any atom is -0.479 e. The van der Waals surface area contributed by atoms with Crippen LogP contribution >= 0.6 is 0 Å². The van der Waals surface area contributed by atoms with Crippen molar-refractivity contribution in [3.63, 3.8) is 0 Å². The highest BCUT2D eigenvalue weighted by Gasteiger charge is 2.77. The highest BCUT2D eigenvalue weighted by atomic mass is 32.2. The number of aliphatic hydroxyl groups is 1. The molecule has 1 saturated carbocycles. The van der Waals surface area contributed by atoms with Crippen LogP contribution in [0.5, 0.6) is 11.5 Å². The van der Waals surface area contributed by atoms with Gasteiger partial charge in [0.25, 0.3) is 0 Å². The van der Waals surface area contributed by atoms with Gasteiger partial charge in [0, 0.05) is 24.6 Å². The minimum atomic E-state index is -5.92. The van der Waals surface area contributed by atoms with E-state index in [0.29, 0.717) is 57.6 Å². The number of piperidine rings is 1. The van der Waals surface area contributed by atoms with Crippen LogP contribution in [0.2, 0.25) is 0 Å². The fourth-order valence-electron chi connectivity index (χ4n) is 7.09. The van der Waals surface area contributed by atoms with Crippen LogP contribution in [0, 0.1) is 0 Å². The molecule has 2 unspecified atom stereocenters. The van der Waals surface area contributed by atoms with Crippen molar-refractivity contribution in [3.05, 3.63) is 34.9 Å². The Morgan fingerprint density at radius 1 is 1.22 bits per heavy atom. The Bertz CT molecular complexity index is 1240. The van der Waals surface area contributed by atoms with E-state index < -0.39 is 44.3 Å². The van der Waals surface area contributed by atoms with E-state index in [0.717, 1.165) is 11.1 Å². The first-order valence-corrected chi connectivity index (χ1v) is 13.5. The van der Waals surface area contributed by atoms with Gasteiger partial charge in [-0.05, 0) is 51.3 Å². The highest BCUT2D eigenvalue weighted by molar-refractivity contribution is 7.88. The normalized spacial score (nSPS) is 34.3. The lowest BCUT2D eigenvalue weighted by Gasteiger charge is -2.65. The maximum atomic E-state index is 13.2. The van der Waals surface area contributed by atoms with Gasteiger partial charge in [-0.25, -0.2) is 0 Å². The van der Waals surface area contributed by atoms with E-state index in [-0.39, 0.29) is 11.8 Å². The summed E-state index contributed by atoms with van der Waals surface area (Å²) in [6.07, 6.45) is 2.79. The minimum absolute atomic E-state index is 0.0830. The molecule has 1 aromatic rings. The summed E-state index contributed by atoms with van der Waals surface area (Å²) in [6.45, 7) is 5.93. The van der Waals surface area contributed by atoms with Crippen LogP contribution in [-0.2, 0) is 31.4 Å². The van der Waals surface area contributed by atoms with Crippen LogP contribution in [0.3, 0.4) is 0 Å². The fourth-order valence-corrected chi connectivity index (χ4v) is 7.56. The van der Waals surface area contributed by atoms with Crippen molar-refractivity contribution in [2.45, 2.75) is 74.0 Å². The van der Waals surface area contributed by atoms with Crippen molar-refractivity contribution in [2.75, 3.05) is 26.3 Å². The lowest BCUT2D eigenvalue weighted by atomic mass is 9.48. The summed E-state index contributed by atoms with van der Waals surface area (Å²) in [7, 11) is -5.92. The number of hydrogen-bond acceptors (Lipinski definition) is 8. The van der Waals surface area contributed by atoms with Crippen LogP contribution in [0.15, 0.2) is 23.8 Å². The monoisotopic (exact) mass is 531 g/mol. The average Bonchev–Trinajstić information content (AvgIpc) is 3.39. The molecule has 8 nitrogen and oxygen atoms in total. The zero-order chi connectivity index (χ0) is 25.7. The summed E-state index contributed by atoms with van der Waals surface area (Å²) < 4.78 is 86.2. The number of ether oxygens (including phenoxy) is 3. The van der Waals surface area contributed by atoms with Crippen molar-refractivity contribution in [3.8, 4) is 11.5 Å². The number of halogens is 3. The van der Waals surface area contributed by atoms with E-state index in [1.54, 1.807) is 6.07 Å². The van der Waals surface area contributed by atoms with Crippen LogP contribution in [0.4, 0.5) is 13.2 Å². The highest BCUT2D eigenvalue weighted by Crippen LogP contribution is 2.68. The molecule has 6 rings (SSSR count). The maximum absolute atomic E-state index is 13.2. The summed E-state index contributed by atoms with van der Waals surface area (Å²) in [5, 5.41) is 12.5. The smallest absolute Gasteiger partial charge is 0.479 e. The quantitative estimate of drug-likeness (QED) is 0.360. The van der Waals surface area contributed by atoms with E-state index in [9.17, 15) is 26.7 Å². The third-order valence-electron chi connectivity index (χ3n) is 8.56. The second-order valence-corrected chi connectivity index (χ2v) is 12.1. The number of nitrogens with zero attached hydrogens (tertiary/aromatic N) is 1. The van der Waals surface area contributed by atoms with Crippen molar-refractivity contribution in [1.82, 2.24) is 4.90 Å². The van der Waals surface area contributed by atoms with E-state index in [1.165, 1.54) is 6.07 Å². The summed E-state index contributed by atoms with van der Waals surface area (Å²) in [4.78, 5) is 2.24. The van der Waals surface area contributed by atoms with Crippen molar-refractivity contribution < 1.29 is 45.1 Å². The second kappa shape index (κ2) is 7.59. The third-order valence-corrected chi connectivity index (χ3v) is 9.52. The van der Waals surface area contributed by atoms with Gasteiger partial charge < -0.3 is 23.5 Å². The van der Waals surface area contributed by atoms with Crippen molar-refractivity contribution in [1.29, 1.82) is 0 Å². The number of likely N-dealkylation sites (tertiary alicyclic amines) is 1. The van der Waals surface area contributed by atoms with Crippen LogP contribution in [0.1, 0.15) is 44.2 Å². The van der Waals surface area contributed by atoms with E-state index in [4.69, 9.17) is 14.2 Å². The Hall–Kier alpha value is -1.86. The molecule has 2 bridgehead atoms. The Balaban J connectivity index is 1.53. The van der Waals surface area contributed by atoms with Crippen molar-refractivity contribution in [2.24, 2.45) is 0 Å². The topological polar surface area (TPSA) is 94.5 Å². The lowest BCUT2D eigenvalue weighted by Crippen LogP contribution is -2.79.